The van der Waals surface area contributed by atoms with Gasteiger partial charge in [0.15, 0.2) is 0 Å². The molecule has 0 amide bonds. The minimum atomic E-state index is 0.614. The van der Waals surface area contributed by atoms with Crippen molar-refractivity contribution in [2.45, 2.75) is 45.4 Å². The maximum Gasteiger partial charge on any atom is 0.0951 e. The molecule has 4 aromatic rings. The summed E-state index contributed by atoms with van der Waals surface area (Å²) in [7, 11) is 0. The Kier molecular flexibility index (Phi) is 6.70. The van der Waals surface area contributed by atoms with Crippen LogP contribution in [0, 0.1) is 11.3 Å². The van der Waals surface area contributed by atoms with Crippen molar-refractivity contribution in [1.82, 2.24) is 9.61 Å². The molecule has 0 atom stereocenters. The van der Waals surface area contributed by atoms with Gasteiger partial charge in [0.25, 0.3) is 0 Å². The first-order valence-electron chi connectivity index (χ1n) is 10.9. The van der Waals surface area contributed by atoms with E-state index >= 15 is 0 Å². The van der Waals surface area contributed by atoms with Gasteiger partial charge in [-0.25, -0.2) is 4.52 Å². The molecule has 0 fully saturated rings. The summed E-state index contributed by atoms with van der Waals surface area (Å²) >= 11 is 6.40. The number of nitriles is 1. The molecule has 2 aromatic carbocycles. The van der Waals surface area contributed by atoms with Crippen molar-refractivity contribution in [3.8, 4) is 28.5 Å². The van der Waals surface area contributed by atoms with Gasteiger partial charge >= 0.3 is 0 Å². The second-order valence-electron chi connectivity index (χ2n) is 7.77. The molecule has 0 spiro atoms. The van der Waals surface area contributed by atoms with Crippen LogP contribution in [0.25, 0.3) is 27.9 Å². The molecular formula is C27H26ClN3. The van der Waals surface area contributed by atoms with Gasteiger partial charge in [0, 0.05) is 28.3 Å². The molecule has 3 nitrogen and oxygen atoms in total. The largest absolute Gasteiger partial charge is 0.237 e. The maximum absolute atomic E-state index is 8.86. The number of hydrogen-bond acceptors (Lipinski definition) is 2. The van der Waals surface area contributed by atoms with Gasteiger partial charge in [-0.2, -0.15) is 10.4 Å². The highest BCUT2D eigenvalue weighted by Crippen LogP contribution is 2.37. The van der Waals surface area contributed by atoms with Crippen molar-refractivity contribution < 1.29 is 0 Å². The lowest BCUT2D eigenvalue weighted by Crippen LogP contribution is -2.06. The Balaban J connectivity index is 1.95. The SMILES string of the molecule is CCc1ccc2c(-c3cccc(Cl)c3)c(CCCCCC#N)c(-c3ccccc3)nn12. The molecule has 0 aliphatic carbocycles. The molecule has 4 heteroatoms. The van der Waals surface area contributed by atoms with Crippen molar-refractivity contribution in [3.05, 3.63) is 83.0 Å². The van der Waals surface area contributed by atoms with Crippen LogP contribution >= 0.6 is 11.6 Å². The van der Waals surface area contributed by atoms with Crippen LogP contribution in [-0.2, 0) is 12.8 Å². The third-order valence-corrected chi connectivity index (χ3v) is 5.95. The summed E-state index contributed by atoms with van der Waals surface area (Å²) in [6.07, 6.45) is 5.43. The molecule has 0 saturated heterocycles. The van der Waals surface area contributed by atoms with Gasteiger partial charge in [-0.15, -0.1) is 0 Å². The molecule has 156 valence electrons. The maximum atomic E-state index is 8.86. The monoisotopic (exact) mass is 427 g/mol. The van der Waals surface area contributed by atoms with E-state index in [0.717, 1.165) is 59.5 Å². The van der Waals surface area contributed by atoms with Gasteiger partial charge in [0.1, 0.15) is 0 Å². The Bertz CT molecular complexity index is 1220. The van der Waals surface area contributed by atoms with E-state index in [2.05, 4.69) is 60.0 Å². The number of halogens is 1. The van der Waals surface area contributed by atoms with Crippen LogP contribution in [0.5, 0.6) is 0 Å². The zero-order valence-electron chi connectivity index (χ0n) is 17.8. The fourth-order valence-electron chi connectivity index (χ4n) is 4.20. The average Bonchev–Trinajstić information content (AvgIpc) is 3.21. The first kappa shape index (κ1) is 21.2. The summed E-state index contributed by atoms with van der Waals surface area (Å²) < 4.78 is 2.09. The van der Waals surface area contributed by atoms with Crippen LogP contribution in [0.2, 0.25) is 5.02 Å². The predicted molar refractivity (Wildman–Crippen MR) is 128 cm³/mol. The number of aromatic nitrogens is 2. The summed E-state index contributed by atoms with van der Waals surface area (Å²) in [4.78, 5) is 0. The summed E-state index contributed by atoms with van der Waals surface area (Å²) in [5, 5.41) is 14.7. The van der Waals surface area contributed by atoms with Gasteiger partial charge in [0.05, 0.1) is 17.3 Å². The first-order chi connectivity index (χ1) is 15.2. The van der Waals surface area contributed by atoms with E-state index in [1.807, 2.05) is 24.3 Å². The molecule has 0 aliphatic heterocycles. The van der Waals surface area contributed by atoms with Gasteiger partial charge in [-0.1, -0.05) is 67.4 Å². The molecule has 2 aromatic heterocycles. The average molecular weight is 428 g/mol. The van der Waals surface area contributed by atoms with E-state index in [4.69, 9.17) is 22.0 Å². The third kappa shape index (κ3) is 4.50. The minimum absolute atomic E-state index is 0.614. The van der Waals surface area contributed by atoms with Crippen molar-refractivity contribution in [1.29, 1.82) is 5.26 Å². The molecule has 2 heterocycles. The van der Waals surface area contributed by atoms with Crippen LogP contribution in [0.1, 0.15) is 43.9 Å². The quantitative estimate of drug-likeness (QED) is 0.273. The molecule has 4 rings (SSSR count). The molecular weight excluding hydrogens is 402 g/mol. The molecule has 0 radical (unpaired) electrons. The Morgan fingerprint density at radius 1 is 0.935 bits per heavy atom. The molecule has 0 aliphatic rings. The van der Waals surface area contributed by atoms with Gasteiger partial charge < -0.3 is 0 Å². The number of aryl methyl sites for hydroxylation is 1. The zero-order valence-corrected chi connectivity index (χ0v) is 18.6. The van der Waals surface area contributed by atoms with E-state index in [-0.39, 0.29) is 0 Å². The Morgan fingerprint density at radius 3 is 2.48 bits per heavy atom. The normalized spacial score (nSPS) is 11.0. The van der Waals surface area contributed by atoms with Gasteiger partial charge in [0.2, 0.25) is 0 Å². The molecule has 31 heavy (non-hydrogen) atoms. The number of nitrogens with zero attached hydrogens (tertiary/aromatic N) is 3. The van der Waals surface area contributed by atoms with Crippen molar-refractivity contribution in [2.24, 2.45) is 0 Å². The number of benzene rings is 2. The van der Waals surface area contributed by atoms with E-state index in [1.165, 1.54) is 16.8 Å². The van der Waals surface area contributed by atoms with Crippen molar-refractivity contribution >= 4 is 17.1 Å². The number of unbranched alkanes of at least 4 members (excludes halogenated alkanes) is 3. The Morgan fingerprint density at radius 2 is 1.74 bits per heavy atom. The lowest BCUT2D eigenvalue weighted by molar-refractivity contribution is 0.689. The second-order valence-corrected chi connectivity index (χ2v) is 8.21. The predicted octanol–water partition coefficient (Wildman–Crippen LogP) is 7.51. The summed E-state index contributed by atoms with van der Waals surface area (Å²) in [5.41, 5.74) is 8.02. The van der Waals surface area contributed by atoms with E-state index in [1.54, 1.807) is 0 Å². The van der Waals surface area contributed by atoms with Crippen LogP contribution in [0.15, 0.2) is 66.7 Å². The number of fused-ring (bicyclic) bond motifs is 1. The first-order valence-corrected chi connectivity index (χ1v) is 11.3. The Hall–Kier alpha value is -3.09. The number of rotatable bonds is 8. The standard InChI is InChI=1S/C27H26ClN3/c1-2-23-16-17-25-26(21-13-10-14-22(28)19-21)24(15-8-3-4-9-18-29)27(30-31(23)25)20-11-6-5-7-12-20/h5-7,10-14,16-17,19H,2-4,8-9,15H2,1H3. The molecule has 0 saturated carbocycles. The van der Waals surface area contributed by atoms with Crippen LogP contribution < -0.4 is 0 Å². The summed E-state index contributed by atoms with van der Waals surface area (Å²) in [6.45, 7) is 2.16. The van der Waals surface area contributed by atoms with Crippen molar-refractivity contribution in [2.75, 3.05) is 0 Å². The van der Waals surface area contributed by atoms with Gasteiger partial charge in [-0.3, -0.25) is 0 Å². The smallest absolute Gasteiger partial charge is 0.0951 e. The topological polar surface area (TPSA) is 41.1 Å². The van der Waals surface area contributed by atoms with Crippen molar-refractivity contribution in [3.63, 3.8) is 0 Å². The summed E-state index contributed by atoms with van der Waals surface area (Å²) in [6, 6.07) is 25.1. The Labute approximate surface area is 188 Å². The fraction of sp³-hybridized carbons (Fsp3) is 0.259. The highest BCUT2D eigenvalue weighted by molar-refractivity contribution is 6.30. The van der Waals surface area contributed by atoms with E-state index in [9.17, 15) is 0 Å². The zero-order chi connectivity index (χ0) is 21.6. The van der Waals surface area contributed by atoms with Crippen LogP contribution in [0.4, 0.5) is 0 Å². The van der Waals surface area contributed by atoms with Gasteiger partial charge in [-0.05, 0) is 61.1 Å². The molecule has 0 unspecified atom stereocenters. The number of hydrogen-bond donors (Lipinski definition) is 0. The summed E-state index contributed by atoms with van der Waals surface area (Å²) in [5.74, 6) is 0. The van der Waals surface area contributed by atoms with Crippen LogP contribution in [0.3, 0.4) is 0 Å². The lowest BCUT2D eigenvalue weighted by atomic mass is 9.92. The van der Waals surface area contributed by atoms with Crippen LogP contribution in [-0.4, -0.2) is 9.61 Å². The highest BCUT2D eigenvalue weighted by atomic mass is 35.5. The second kappa shape index (κ2) is 9.81. The van der Waals surface area contributed by atoms with E-state index in [0.29, 0.717) is 6.42 Å². The molecule has 0 N–H and O–H groups in total. The highest BCUT2D eigenvalue weighted by Gasteiger charge is 2.19. The van der Waals surface area contributed by atoms with E-state index < -0.39 is 0 Å². The minimum Gasteiger partial charge on any atom is -0.237 e. The molecule has 0 bridgehead atoms. The fourth-order valence-corrected chi connectivity index (χ4v) is 4.39. The third-order valence-electron chi connectivity index (χ3n) is 5.72. The lowest BCUT2D eigenvalue weighted by Gasteiger charge is -2.18.